The van der Waals surface area contributed by atoms with Gasteiger partial charge in [0, 0.05) is 17.1 Å². The van der Waals surface area contributed by atoms with Crippen LogP contribution in [0.5, 0.6) is 5.75 Å². The number of aromatic nitrogens is 4. The van der Waals surface area contributed by atoms with E-state index in [2.05, 4.69) is 29.2 Å². The Morgan fingerprint density at radius 2 is 1.90 bits per heavy atom. The van der Waals surface area contributed by atoms with Crippen LogP contribution in [0.15, 0.2) is 48.5 Å². The normalized spacial score (nSPS) is 11.2. The third kappa shape index (κ3) is 3.89. The summed E-state index contributed by atoms with van der Waals surface area (Å²) in [5, 5.41) is 9.25. The van der Waals surface area contributed by atoms with Gasteiger partial charge in [0.25, 0.3) is 0 Å². The summed E-state index contributed by atoms with van der Waals surface area (Å²) in [6.07, 6.45) is 0. The molecule has 3 N–H and O–H groups in total. The largest absolute Gasteiger partial charge is 0.497 e. The van der Waals surface area contributed by atoms with Gasteiger partial charge >= 0.3 is 0 Å². The molecule has 2 aromatic heterocycles. The highest BCUT2D eigenvalue weighted by Gasteiger charge is 2.19. The Morgan fingerprint density at radius 3 is 2.57 bits per heavy atom. The second kappa shape index (κ2) is 8.20. The number of halogens is 1. The first-order valence-corrected chi connectivity index (χ1v) is 10.0. The van der Waals surface area contributed by atoms with Gasteiger partial charge in [0.05, 0.1) is 23.9 Å². The summed E-state index contributed by atoms with van der Waals surface area (Å²) in [4.78, 5) is 9.35. The van der Waals surface area contributed by atoms with E-state index < -0.39 is 0 Å². The van der Waals surface area contributed by atoms with Gasteiger partial charge in [0.2, 0.25) is 5.95 Å². The van der Waals surface area contributed by atoms with Gasteiger partial charge in [-0.1, -0.05) is 37.6 Å². The summed E-state index contributed by atoms with van der Waals surface area (Å²) in [6, 6.07) is 15.0. The van der Waals surface area contributed by atoms with Crippen molar-refractivity contribution in [1.82, 2.24) is 19.7 Å². The molecule has 4 rings (SSSR count). The quantitative estimate of drug-likeness (QED) is 0.464. The van der Waals surface area contributed by atoms with E-state index >= 15 is 0 Å². The van der Waals surface area contributed by atoms with Crippen LogP contribution in [-0.2, 0) is 0 Å². The molecule has 0 aliphatic heterocycles. The van der Waals surface area contributed by atoms with Crippen molar-refractivity contribution in [3.8, 4) is 22.7 Å². The van der Waals surface area contributed by atoms with Gasteiger partial charge in [0.15, 0.2) is 5.65 Å². The van der Waals surface area contributed by atoms with Gasteiger partial charge in [-0.05, 0) is 42.3 Å². The number of hydrogen-bond acceptors (Lipinski definition) is 6. The van der Waals surface area contributed by atoms with Crippen molar-refractivity contribution >= 4 is 34.4 Å². The van der Waals surface area contributed by atoms with Gasteiger partial charge in [-0.25, -0.2) is 9.67 Å². The Kier molecular flexibility index (Phi) is 5.46. The zero-order valence-corrected chi connectivity index (χ0v) is 17.8. The maximum Gasteiger partial charge on any atom is 0.225 e. The number of benzene rings is 2. The van der Waals surface area contributed by atoms with Crippen LogP contribution in [-0.4, -0.2) is 33.4 Å². The minimum absolute atomic E-state index is 0.445. The molecule has 0 spiro atoms. The smallest absolute Gasteiger partial charge is 0.225 e. The van der Waals surface area contributed by atoms with Crippen molar-refractivity contribution in [2.24, 2.45) is 5.92 Å². The molecule has 30 heavy (non-hydrogen) atoms. The lowest BCUT2D eigenvalue weighted by Gasteiger charge is -2.10. The first kappa shape index (κ1) is 20.0. The maximum atomic E-state index is 6.53. The molecule has 0 bridgehead atoms. The third-order valence-corrected chi connectivity index (χ3v) is 4.89. The Morgan fingerprint density at radius 1 is 1.13 bits per heavy atom. The maximum absolute atomic E-state index is 6.53. The van der Waals surface area contributed by atoms with Crippen molar-refractivity contribution in [3.63, 3.8) is 0 Å². The topological polar surface area (TPSA) is 90.9 Å². The van der Waals surface area contributed by atoms with Crippen LogP contribution in [0.2, 0.25) is 5.02 Å². The SMILES string of the molecule is COc1ccc(-n2nc3nc(NCC(C)C)nc(-c4cccc(Cl)c4)c3c2N)cc1. The number of nitrogens with one attached hydrogen (secondary N) is 1. The third-order valence-electron chi connectivity index (χ3n) is 4.65. The summed E-state index contributed by atoms with van der Waals surface area (Å²) in [7, 11) is 1.63. The van der Waals surface area contributed by atoms with E-state index in [1.807, 2.05) is 48.5 Å². The highest BCUT2D eigenvalue weighted by Crippen LogP contribution is 2.34. The lowest BCUT2D eigenvalue weighted by atomic mass is 10.1. The number of rotatable bonds is 6. The van der Waals surface area contributed by atoms with Crippen LogP contribution < -0.4 is 15.8 Å². The van der Waals surface area contributed by atoms with Crippen LogP contribution in [0.1, 0.15) is 13.8 Å². The van der Waals surface area contributed by atoms with Crippen LogP contribution >= 0.6 is 11.6 Å². The fourth-order valence-corrected chi connectivity index (χ4v) is 3.34. The van der Waals surface area contributed by atoms with Crippen LogP contribution in [0.25, 0.3) is 28.0 Å². The minimum Gasteiger partial charge on any atom is -0.497 e. The van der Waals surface area contributed by atoms with Crippen molar-refractivity contribution in [2.45, 2.75) is 13.8 Å². The van der Waals surface area contributed by atoms with Crippen LogP contribution in [0, 0.1) is 5.92 Å². The predicted octanol–water partition coefficient (Wildman–Crippen LogP) is 4.79. The summed E-state index contributed by atoms with van der Waals surface area (Å²) in [5.41, 5.74) is 9.38. The van der Waals surface area contributed by atoms with E-state index in [9.17, 15) is 0 Å². The number of nitrogens with zero attached hydrogens (tertiary/aromatic N) is 4. The van der Waals surface area contributed by atoms with E-state index in [1.54, 1.807) is 11.8 Å². The number of nitrogens with two attached hydrogens (primary N) is 1. The molecule has 8 heteroatoms. The lowest BCUT2D eigenvalue weighted by Crippen LogP contribution is -2.11. The van der Waals surface area contributed by atoms with E-state index in [0.717, 1.165) is 23.5 Å². The fraction of sp³-hybridized carbons (Fsp3) is 0.227. The number of nitrogen functional groups attached to an aromatic ring is 1. The number of fused-ring (bicyclic) bond motifs is 1. The molecular weight excluding hydrogens is 400 g/mol. The molecule has 0 aliphatic rings. The molecular formula is C22H23ClN6O. The molecule has 2 aromatic carbocycles. The van der Waals surface area contributed by atoms with Gasteiger partial charge in [0.1, 0.15) is 11.6 Å². The molecule has 154 valence electrons. The van der Waals surface area contributed by atoms with Crippen LogP contribution in [0.3, 0.4) is 0 Å². The number of methoxy groups -OCH3 is 1. The number of anilines is 2. The van der Waals surface area contributed by atoms with Gasteiger partial charge in [-0.3, -0.25) is 0 Å². The molecule has 2 heterocycles. The van der Waals surface area contributed by atoms with Crippen molar-refractivity contribution in [3.05, 3.63) is 53.6 Å². The second-order valence-electron chi connectivity index (χ2n) is 7.37. The van der Waals surface area contributed by atoms with Crippen molar-refractivity contribution < 1.29 is 4.74 Å². The van der Waals surface area contributed by atoms with E-state index in [1.165, 1.54) is 0 Å². The Labute approximate surface area is 179 Å². The summed E-state index contributed by atoms with van der Waals surface area (Å²) in [6.45, 7) is 4.99. The lowest BCUT2D eigenvalue weighted by molar-refractivity contribution is 0.414. The predicted molar refractivity (Wildman–Crippen MR) is 121 cm³/mol. The van der Waals surface area contributed by atoms with Crippen molar-refractivity contribution in [1.29, 1.82) is 0 Å². The van der Waals surface area contributed by atoms with E-state index in [-0.39, 0.29) is 0 Å². The van der Waals surface area contributed by atoms with Crippen molar-refractivity contribution in [2.75, 3.05) is 24.7 Å². The molecule has 0 unspecified atom stereocenters. The van der Waals surface area contributed by atoms with E-state index in [4.69, 9.17) is 27.1 Å². The Balaban J connectivity index is 1.91. The van der Waals surface area contributed by atoms with Gasteiger partial charge in [-0.2, -0.15) is 4.98 Å². The molecule has 0 fully saturated rings. The number of ether oxygens (including phenoxy) is 1. The Hall–Kier alpha value is -3.32. The monoisotopic (exact) mass is 422 g/mol. The molecule has 0 radical (unpaired) electrons. The Bertz CT molecular complexity index is 1190. The zero-order chi connectivity index (χ0) is 21.3. The molecule has 0 amide bonds. The zero-order valence-electron chi connectivity index (χ0n) is 17.1. The summed E-state index contributed by atoms with van der Waals surface area (Å²) in [5.74, 6) is 2.17. The molecule has 0 atom stereocenters. The first-order chi connectivity index (χ1) is 14.5. The molecule has 0 saturated heterocycles. The van der Waals surface area contributed by atoms with Gasteiger partial charge in [-0.15, -0.1) is 5.10 Å². The number of hydrogen-bond donors (Lipinski definition) is 2. The van der Waals surface area contributed by atoms with E-state index in [0.29, 0.717) is 39.4 Å². The van der Waals surface area contributed by atoms with Crippen LogP contribution in [0.4, 0.5) is 11.8 Å². The first-order valence-electron chi connectivity index (χ1n) is 9.66. The molecule has 0 aliphatic carbocycles. The highest BCUT2D eigenvalue weighted by molar-refractivity contribution is 6.30. The standard InChI is InChI=1S/C22H23ClN6O/c1-13(2)12-25-22-26-19(14-5-4-6-15(23)11-14)18-20(24)29(28-21(18)27-22)16-7-9-17(30-3)10-8-16/h4-11,13H,12,24H2,1-3H3,(H,25,27,28). The van der Waals surface area contributed by atoms with Gasteiger partial charge < -0.3 is 15.8 Å². The average molecular weight is 423 g/mol. The molecule has 4 aromatic rings. The summed E-state index contributed by atoms with van der Waals surface area (Å²) >= 11 is 6.23. The second-order valence-corrected chi connectivity index (χ2v) is 7.81. The molecule has 7 nitrogen and oxygen atoms in total. The molecule has 0 saturated carbocycles. The fourth-order valence-electron chi connectivity index (χ4n) is 3.15. The average Bonchev–Trinajstić information content (AvgIpc) is 3.08. The highest BCUT2D eigenvalue weighted by atomic mass is 35.5. The minimum atomic E-state index is 0.445. The summed E-state index contributed by atoms with van der Waals surface area (Å²) < 4.78 is 6.91.